The van der Waals surface area contributed by atoms with Gasteiger partial charge in [0.2, 0.25) is 0 Å². The fourth-order valence-electron chi connectivity index (χ4n) is 2.96. The van der Waals surface area contributed by atoms with E-state index < -0.39 is 17.6 Å². The summed E-state index contributed by atoms with van der Waals surface area (Å²) in [6.07, 6.45) is -4.45. The minimum absolute atomic E-state index is 0.174. The fourth-order valence-corrected chi connectivity index (χ4v) is 3.69. The molecule has 0 saturated heterocycles. The Morgan fingerprint density at radius 2 is 1.67 bits per heavy atom. The van der Waals surface area contributed by atoms with E-state index in [4.69, 9.17) is 10.6 Å². The Balaban J connectivity index is 2.38. The maximum absolute atomic E-state index is 12.9. The van der Waals surface area contributed by atoms with Crippen LogP contribution in [0.3, 0.4) is 0 Å². The summed E-state index contributed by atoms with van der Waals surface area (Å²) in [4.78, 5) is 12.5. The molecular weight excluding hydrogens is 425 g/mol. The number of carbonyl (C=O) groups is 1. The number of hydrogen-bond acceptors (Lipinski definition) is 3. The highest BCUT2D eigenvalue weighted by Crippen LogP contribution is 2.45. The van der Waals surface area contributed by atoms with Crippen molar-refractivity contribution in [2.75, 3.05) is 7.11 Å². The van der Waals surface area contributed by atoms with Crippen LogP contribution in [0.25, 0.3) is 21.9 Å². The third-order valence-electron chi connectivity index (χ3n) is 4.17. The van der Waals surface area contributed by atoms with E-state index in [1.807, 2.05) is 0 Å². The maximum Gasteiger partial charge on any atom is 0.416 e. The molecule has 8 heteroatoms. The molecule has 0 fully saturated rings. The van der Waals surface area contributed by atoms with Crippen LogP contribution in [0.2, 0.25) is 0 Å². The first-order chi connectivity index (χ1) is 12.8. The molecule has 4 nitrogen and oxygen atoms in total. The molecule has 0 heterocycles. The number of ether oxygens (including phenoxy) is 1. The molecule has 0 aliphatic carbocycles. The average molecular weight is 439 g/mol. The molecular formula is C19H14BrF3N2O2. The number of halogens is 4. The second-order valence-electron chi connectivity index (χ2n) is 5.69. The Kier molecular flexibility index (Phi) is 5.12. The van der Waals surface area contributed by atoms with Crippen LogP contribution in [0, 0.1) is 0 Å². The molecule has 0 aliphatic rings. The first-order valence-electron chi connectivity index (χ1n) is 7.76. The lowest BCUT2D eigenvalue weighted by atomic mass is 9.93. The molecule has 27 heavy (non-hydrogen) atoms. The highest BCUT2D eigenvalue weighted by atomic mass is 79.9. The molecule has 0 aromatic heterocycles. The first-order valence-corrected chi connectivity index (χ1v) is 8.55. The minimum Gasteiger partial charge on any atom is -0.495 e. The van der Waals surface area contributed by atoms with Gasteiger partial charge >= 0.3 is 6.18 Å². The maximum atomic E-state index is 12.9. The van der Waals surface area contributed by atoms with E-state index in [0.29, 0.717) is 32.1 Å². The molecule has 1 amide bonds. The number of alkyl halides is 3. The van der Waals surface area contributed by atoms with Crippen LogP contribution in [0.4, 0.5) is 13.2 Å². The molecule has 0 atom stereocenters. The number of carbonyl (C=O) groups excluding carboxylic acids is 1. The number of nitrogens with one attached hydrogen (secondary N) is 1. The van der Waals surface area contributed by atoms with E-state index in [2.05, 4.69) is 21.4 Å². The van der Waals surface area contributed by atoms with E-state index in [1.165, 1.54) is 19.2 Å². The van der Waals surface area contributed by atoms with E-state index in [0.717, 1.165) is 12.1 Å². The van der Waals surface area contributed by atoms with Gasteiger partial charge in [-0.25, -0.2) is 5.84 Å². The summed E-state index contributed by atoms with van der Waals surface area (Å²) in [6, 6.07) is 11.7. The van der Waals surface area contributed by atoms with Crippen LogP contribution in [-0.2, 0) is 6.18 Å². The van der Waals surface area contributed by atoms with Gasteiger partial charge in [0.15, 0.2) is 0 Å². The number of rotatable bonds is 3. The van der Waals surface area contributed by atoms with Gasteiger partial charge in [-0.1, -0.05) is 36.4 Å². The second-order valence-corrected chi connectivity index (χ2v) is 6.48. The van der Waals surface area contributed by atoms with Gasteiger partial charge in [0.25, 0.3) is 5.91 Å². The van der Waals surface area contributed by atoms with Crippen molar-refractivity contribution in [1.82, 2.24) is 5.43 Å². The molecule has 140 valence electrons. The van der Waals surface area contributed by atoms with E-state index in [9.17, 15) is 18.0 Å². The summed E-state index contributed by atoms with van der Waals surface area (Å²) >= 11 is 3.43. The topological polar surface area (TPSA) is 64.3 Å². The van der Waals surface area contributed by atoms with Crippen molar-refractivity contribution in [2.24, 2.45) is 5.84 Å². The number of fused-ring (bicyclic) bond motifs is 1. The van der Waals surface area contributed by atoms with Crippen molar-refractivity contribution in [2.45, 2.75) is 6.18 Å². The predicted molar refractivity (Wildman–Crippen MR) is 100 cm³/mol. The van der Waals surface area contributed by atoms with Crippen LogP contribution < -0.4 is 16.0 Å². The number of nitrogen functional groups attached to an aromatic ring is 1. The lowest BCUT2D eigenvalue weighted by Gasteiger charge is -2.19. The SMILES string of the molecule is COc1c(-c2ccc(C(F)(F)F)cc2)c(C(=O)NN)c(Br)c2ccccc12. The monoisotopic (exact) mass is 438 g/mol. The largest absolute Gasteiger partial charge is 0.495 e. The van der Waals surface area contributed by atoms with Gasteiger partial charge in [0.1, 0.15) is 5.75 Å². The summed E-state index contributed by atoms with van der Waals surface area (Å²) in [5.74, 6) is 5.10. The van der Waals surface area contributed by atoms with Gasteiger partial charge in [-0.2, -0.15) is 13.2 Å². The summed E-state index contributed by atoms with van der Waals surface area (Å²) in [5, 5.41) is 1.42. The summed E-state index contributed by atoms with van der Waals surface area (Å²) in [5.41, 5.74) is 2.21. The van der Waals surface area contributed by atoms with Crippen LogP contribution in [-0.4, -0.2) is 13.0 Å². The number of nitrogens with two attached hydrogens (primary N) is 1. The number of amides is 1. The average Bonchev–Trinajstić information content (AvgIpc) is 2.66. The van der Waals surface area contributed by atoms with Gasteiger partial charge in [-0.05, 0) is 33.6 Å². The highest BCUT2D eigenvalue weighted by Gasteiger charge is 2.31. The summed E-state index contributed by atoms with van der Waals surface area (Å²) in [7, 11) is 1.44. The lowest BCUT2D eigenvalue weighted by molar-refractivity contribution is -0.137. The molecule has 3 aromatic carbocycles. The first kappa shape index (κ1) is 19.2. The molecule has 0 bridgehead atoms. The number of benzene rings is 3. The van der Waals surface area contributed by atoms with Crippen molar-refractivity contribution in [3.63, 3.8) is 0 Å². The van der Waals surface area contributed by atoms with Gasteiger partial charge < -0.3 is 4.74 Å². The van der Waals surface area contributed by atoms with Gasteiger partial charge in [-0.3, -0.25) is 10.2 Å². The zero-order valence-electron chi connectivity index (χ0n) is 14.0. The molecule has 0 aliphatic heterocycles. The van der Waals surface area contributed by atoms with Crippen molar-refractivity contribution >= 4 is 32.6 Å². The standard InChI is InChI=1S/C19H14BrF3N2O2/c1-27-17-13-5-3-2-4-12(13)16(20)15(18(26)25-24)14(17)10-6-8-11(9-7-10)19(21,22)23/h2-9H,24H2,1H3,(H,25,26). The second kappa shape index (κ2) is 7.21. The minimum atomic E-state index is -4.45. The Morgan fingerprint density at radius 3 is 2.19 bits per heavy atom. The Labute approximate surface area is 161 Å². The zero-order chi connectivity index (χ0) is 19.8. The van der Waals surface area contributed by atoms with E-state index in [1.54, 1.807) is 24.3 Å². The zero-order valence-corrected chi connectivity index (χ0v) is 15.6. The molecule has 3 rings (SSSR count). The summed E-state index contributed by atoms with van der Waals surface area (Å²) < 4.78 is 44.7. The Hall–Kier alpha value is -2.58. The lowest BCUT2D eigenvalue weighted by Crippen LogP contribution is -2.31. The van der Waals surface area contributed by atoms with Crippen LogP contribution in [0.1, 0.15) is 15.9 Å². The number of hydrogen-bond donors (Lipinski definition) is 2. The molecule has 3 aromatic rings. The van der Waals surface area contributed by atoms with Gasteiger partial charge in [-0.15, -0.1) is 0 Å². The molecule has 0 unspecified atom stereocenters. The van der Waals surface area contributed by atoms with Crippen LogP contribution in [0.5, 0.6) is 5.75 Å². The molecule has 3 N–H and O–H groups in total. The summed E-state index contributed by atoms with van der Waals surface area (Å²) in [6.45, 7) is 0. The van der Waals surface area contributed by atoms with E-state index >= 15 is 0 Å². The van der Waals surface area contributed by atoms with Crippen molar-refractivity contribution < 1.29 is 22.7 Å². The van der Waals surface area contributed by atoms with E-state index in [-0.39, 0.29) is 5.56 Å². The van der Waals surface area contributed by atoms with Crippen molar-refractivity contribution in [3.8, 4) is 16.9 Å². The number of hydrazine groups is 1. The van der Waals surface area contributed by atoms with Crippen molar-refractivity contribution in [1.29, 1.82) is 0 Å². The highest BCUT2D eigenvalue weighted by molar-refractivity contribution is 9.10. The van der Waals surface area contributed by atoms with Gasteiger partial charge in [0, 0.05) is 20.8 Å². The quantitative estimate of drug-likeness (QED) is 0.347. The van der Waals surface area contributed by atoms with Gasteiger partial charge in [0.05, 0.1) is 18.2 Å². The third kappa shape index (κ3) is 3.38. The van der Waals surface area contributed by atoms with Crippen molar-refractivity contribution in [3.05, 3.63) is 64.1 Å². The predicted octanol–water partition coefficient (Wildman–Crippen LogP) is 4.90. The normalized spacial score (nSPS) is 11.5. The molecule has 0 radical (unpaired) electrons. The van der Waals surface area contributed by atoms with Crippen LogP contribution in [0.15, 0.2) is 53.0 Å². The fraction of sp³-hybridized carbons (Fsp3) is 0.105. The third-order valence-corrected chi connectivity index (χ3v) is 4.99. The van der Waals surface area contributed by atoms with Crippen LogP contribution >= 0.6 is 15.9 Å². The molecule has 0 saturated carbocycles. The Bertz CT molecular complexity index is 1020. The number of methoxy groups -OCH3 is 1. The Morgan fingerprint density at radius 1 is 1.07 bits per heavy atom. The smallest absolute Gasteiger partial charge is 0.416 e. The molecule has 0 spiro atoms.